The molecule has 0 atom stereocenters. The van der Waals surface area contributed by atoms with E-state index in [1.54, 1.807) is 28.4 Å². The molecule has 0 aliphatic carbocycles. The summed E-state index contributed by atoms with van der Waals surface area (Å²) in [7, 11) is 6.76. The molecule has 1 aliphatic rings. The molecule has 7 nitrogen and oxygen atoms in total. The normalized spacial score (nSPS) is 15.2. The molecule has 1 saturated heterocycles. The molecule has 0 aromatic heterocycles. The summed E-state index contributed by atoms with van der Waals surface area (Å²) >= 11 is 0. The van der Waals surface area contributed by atoms with Crippen LogP contribution < -0.4 is 24.8 Å². The highest BCUT2D eigenvalue weighted by Gasteiger charge is 2.20. The molecule has 1 aromatic carbocycles. The fourth-order valence-corrected chi connectivity index (χ4v) is 3.64. The van der Waals surface area contributed by atoms with Gasteiger partial charge in [0.15, 0.2) is 5.96 Å². The summed E-state index contributed by atoms with van der Waals surface area (Å²) in [5, 5.41) is 6.96. The number of aliphatic imine (C=N–C) groups is 1. The van der Waals surface area contributed by atoms with E-state index in [0.717, 1.165) is 61.9 Å². The number of hydrogen-bond donors (Lipinski definition) is 2. The highest BCUT2D eigenvalue weighted by molar-refractivity contribution is 14.0. The van der Waals surface area contributed by atoms with Crippen LogP contribution in [0.25, 0.3) is 0 Å². The van der Waals surface area contributed by atoms with E-state index in [1.165, 1.54) is 5.57 Å². The Morgan fingerprint density at radius 3 is 2.20 bits per heavy atom. The number of piperidine rings is 1. The molecule has 0 saturated carbocycles. The van der Waals surface area contributed by atoms with Crippen molar-refractivity contribution in [2.75, 3.05) is 54.6 Å². The van der Waals surface area contributed by atoms with Crippen molar-refractivity contribution in [3.63, 3.8) is 0 Å². The summed E-state index contributed by atoms with van der Waals surface area (Å²) in [6.45, 7) is 9.97. The van der Waals surface area contributed by atoms with Crippen LogP contribution in [-0.2, 0) is 6.42 Å². The number of nitrogens with zero attached hydrogens (tertiary/aromatic N) is 2. The molecule has 0 unspecified atom stereocenters. The first kappa shape index (κ1) is 26.4. The fourth-order valence-electron chi connectivity index (χ4n) is 3.64. The molecule has 8 heteroatoms. The van der Waals surface area contributed by atoms with Crippen molar-refractivity contribution in [3.8, 4) is 17.2 Å². The highest BCUT2D eigenvalue weighted by atomic mass is 127. The Morgan fingerprint density at radius 2 is 1.73 bits per heavy atom. The van der Waals surface area contributed by atoms with Crippen molar-refractivity contribution >= 4 is 29.9 Å². The SMILES string of the molecule is C=C(C)CN1CCC(NC(=NC)NCCc2c(OC)cc(OC)cc2OC)CC1.I. The molecule has 170 valence electrons. The van der Waals surface area contributed by atoms with Gasteiger partial charge in [0.1, 0.15) is 17.2 Å². The predicted molar refractivity (Wildman–Crippen MR) is 134 cm³/mol. The second-order valence-corrected chi connectivity index (χ2v) is 7.41. The van der Waals surface area contributed by atoms with E-state index in [-0.39, 0.29) is 24.0 Å². The number of benzene rings is 1. The molecule has 0 amide bonds. The lowest BCUT2D eigenvalue weighted by molar-refractivity contribution is 0.221. The molecular formula is C22H37IN4O3. The van der Waals surface area contributed by atoms with Crippen LogP contribution in [0.4, 0.5) is 0 Å². The van der Waals surface area contributed by atoms with E-state index in [2.05, 4.69) is 34.0 Å². The quantitative estimate of drug-likeness (QED) is 0.221. The van der Waals surface area contributed by atoms with Gasteiger partial charge >= 0.3 is 0 Å². The van der Waals surface area contributed by atoms with Crippen LogP contribution in [0.3, 0.4) is 0 Å². The van der Waals surface area contributed by atoms with Crippen LogP contribution in [0.1, 0.15) is 25.3 Å². The Kier molecular flexibility index (Phi) is 11.9. The van der Waals surface area contributed by atoms with Gasteiger partial charge < -0.3 is 24.8 Å². The van der Waals surface area contributed by atoms with Gasteiger partial charge in [0.2, 0.25) is 0 Å². The summed E-state index contributed by atoms with van der Waals surface area (Å²) < 4.78 is 16.4. The highest BCUT2D eigenvalue weighted by Crippen LogP contribution is 2.34. The summed E-state index contributed by atoms with van der Waals surface area (Å²) in [6.07, 6.45) is 2.95. The molecular weight excluding hydrogens is 495 g/mol. The van der Waals surface area contributed by atoms with Crippen LogP contribution in [0.2, 0.25) is 0 Å². The van der Waals surface area contributed by atoms with Crippen LogP contribution in [0.15, 0.2) is 29.3 Å². The van der Waals surface area contributed by atoms with Crippen molar-refractivity contribution in [3.05, 3.63) is 29.8 Å². The third-order valence-electron chi connectivity index (χ3n) is 5.13. The zero-order chi connectivity index (χ0) is 21.2. The molecule has 2 rings (SSSR count). The number of hydrogen-bond acceptors (Lipinski definition) is 5. The minimum absolute atomic E-state index is 0. The first-order valence-corrected chi connectivity index (χ1v) is 10.1. The summed E-state index contributed by atoms with van der Waals surface area (Å²) in [6, 6.07) is 4.19. The van der Waals surface area contributed by atoms with Gasteiger partial charge in [-0.05, 0) is 26.2 Å². The number of rotatable bonds is 9. The third kappa shape index (κ3) is 7.86. The van der Waals surface area contributed by atoms with Gasteiger partial charge in [0, 0.05) is 57.0 Å². The van der Waals surface area contributed by atoms with Crippen LogP contribution in [-0.4, -0.2) is 71.5 Å². The maximum atomic E-state index is 5.53. The van der Waals surface area contributed by atoms with E-state index < -0.39 is 0 Å². The maximum Gasteiger partial charge on any atom is 0.191 e. The molecule has 1 fully saturated rings. The number of guanidine groups is 1. The third-order valence-corrected chi connectivity index (χ3v) is 5.13. The fraction of sp³-hybridized carbons (Fsp3) is 0.591. The van der Waals surface area contributed by atoms with E-state index in [0.29, 0.717) is 18.3 Å². The van der Waals surface area contributed by atoms with Gasteiger partial charge in [-0.15, -0.1) is 24.0 Å². The molecule has 1 aliphatic heterocycles. The lowest BCUT2D eigenvalue weighted by atomic mass is 10.0. The minimum atomic E-state index is 0. The van der Waals surface area contributed by atoms with Gasteiger partial charge in [-0.3, -0.25) is 9.89 Å². The number of likely N-dealkylation sites (tertiary alicyclic amines) is 1. The predicted octanol–water partition coefficient (Wildman–Crippen LogP) is 3.08. The first-order chi connectivity index (χ1) is 14.0. The van der Waals surface area contributed by atoms with Crippen LogP contribution in [0.5, 0.6) is 17.2 Å². The molecule has 0 spiro atoms. The molecule has 30 heavy (non-hydrogen) atoms. The number of nitrogens with one attached hydrogen (secondary N) is 2. The Morgan fingerprint density at radius 1 is 1.13 bits per heavy atom. The molecule has 1 aromatic rings. The zero-order valence-electron chi connectivity index (χ0n) is 18.9. The van der Waals surface area contributed by atoms with Gasteiger partial charge in [-0.25, -0.2) is 0 Å². The summed E-state index contributed by atoms with van der Waals surface area (Å²) in [5.74, 6) is 3.06. The van der Waals surface area contributed by atoms with Gasteiger partial charge in [0.25, 0.3) is 0 Å². The Labute approximate surface area is 198 Å². The molecule has 0 bridgehead atoms. The average Bonchev–Trinajstić information content (AvgIpc) is 2.73. The van der Waals surface area contributed by atoms with Crippen molar-refractivity contribution in [2.45, 2.75) is 32.2 Å². The van der Waals surface area contributed by atoms with Crippen molar-refractivity contribution in [1.82, 2.24) is 15.5 Å². The zero-order valence-corrected chi connectivity index (χ0v) is 21.2. The van der Waals surface area contributed by atoms with Gasteiger partial charge in [-0.1, -0.05) is 12.2 Å². The molecule has 0 radical (unpaired) electrons. The van der Waals surface area contributed by atoms with E-state index in [9.17, 15) is 0 Å². The van der Waals surface area contributed by atoms with E-state index in [4.69, 9.17) is 14.2 Å². The van der Waals surface area contributed by atoms with Crippen molar-refractivity contribution in [2.24, 2.45) is 4.99 Å². The monoisotopic (exact) mass is 532 g/mol. The maximum absolute atomic E-state index is 5.53. The van der Waals surface area contributed by atoms with E-state index in [1.807, 2.05) is 12.1 Å². The average molecular weight is 532 g/mol. The standard InChI is InChI=1S/C22H36N4O3.HI/c1-16(2)15-26-11-8-17(9-12-26)25-22(23-3)24-10-7-19-20(28-5)13-18(27-4)14-21(19)29-6;/h13-14,17H,1,7-12,15H2,2-6H3,(H2,23,24,25);1H. The van der Waals surface area contributed by atoms with Crippen LogP contribution >= 0.6 is 24.0 Å². The summed E-state index contributed by atoms with van der Waals surface area (Å²) in [4.78, 5) is 6.83. The summed E-state index contributed by atoms with van der Waals surface area (Å²) in [5.41, 5.74) is 2.23. The minimum Gasteiger partial charge on any atom is -0.496 e. The lowest BCUT2D eigenvalue weighted by Gasteiger charge is -2.33. The Bertz CT molecular complexity index is 679. The smallest absolute Gasteiger partial charge is 0.191 e. The Hall–Kier alpha value is -1.68. The molecule has 2 N–H and O–H groups in total. The number of halogens is 1. The second-order valence-electron chi connectivity index (χ2n) is 7.41. The van der Waals surface area contributed by atoms with Crippen molar-refractivity contribution in [1.29, 1.82) is 0 Å². The number of methoxy groups -OCH3 is 3. The Balaban J connectivity index is 0.00000450. The number of ether oxygens (including phenoxy) is 3. The second kappa shape index (κ2) is 13.6. The van der Waals surface area contributed by atoms with Gasteiger partial charge in [0.05, 0.1) is 21.3 Å². The van der Waals surface area contributed by atoms with Gasteiger partial charge in [-0.2, -0.15) is 0 Å². The van der Waals surface area contributed by atoms with E-state index >= 15 is 0 Å². The lowest BCUT2D eigenvalue weighted by Crippen LogP contribution is -2.49. The van der Waals surface area contributed by atoms with Crippen molar-refractivity contribution < 1.29 is 14.2 Å². The largest absolute Gasteiger partial charge is 0.496 e. The molecule has 1 heterocycles. The van der Waals surface area contributed by atoms with Crippen LogP contribution in [0, 0.1) is 0 Å². The first-order valence-electron chi connectivity index (χ1n) is 10.1. The topological polar surface area (TPSA) is 67.4 Å².